The van der Waals surface area contributed by atoms with E-state index in [9.17, 15) is 4.79 Å². The Bertz CT molecular complexity index is 735. The van der Waals surface area contributed by atoms with Crippen LogP contribution in [-0.4, -0.2) is 50.2 Å². The molecule has 2 aromatic rings. The van der Waals surface area contributed by atoms with E-state index in [0.717, 1.165) is 29.7 Å². The van der Waals surface area contributed by atoms with Crippen LogP contribution in [0, 0.1) is 5.92 Å². The molecule has 1 aromatic carbocycles. The van der Waals surface area contributed by atoms with E-state index in [1.165, 1.54) is 6.33 Å². The van der Waals surface area contributed by atoms with E-state index in [1.54, 1.807) is 21.3 Å². The highest BCUT2D eigenvalue weighted by Gasteiger charge is 2.29. The summed E-state index contributed by atoms with van der Waals surface area (Å²) in [6.45, 7) is 1.44. The molecule has 1 aromatic heterocycles. The normalized spacial score (nSPS) is 17.3. The van der Waals surface area contributed by atoms with Gasteiger partial charge in [0.05, 0.1) is 25.7 Å². The predicted octanol–water partition coefficient (Wildman–Crippen LogP) is 1.22. The van der Waals surface area contributed by atoms with E-state index in [1.807, 2.05) is 12.1 Å². The Labute approximate surface area is 134 Å². The van der Waals surface area contributed by atoms with E-state index in [4.69, 9.17) is 9.47 Å². The number of anilines is 1. The lowest BCUT2D eigenvalue weighted by Gasteiger charge is -2.19. The lowest BCUT2D eigenvalue weighted by atomic mass is 10.1. The summed E-state index contributed by atoms with van der Waals surface area (Å²) in [4.78, 5) is 22.7. The number of carbonyl (C=O) groups excluding carboxylic acids is 1. The van der Waals surface area contributed by atoms with E-state index < -0.39 is 0 Å². The minimum atomic E-state index is -0.00911. The first-order valence-corrected chi connectivity index (χ1v) is 7.51. The molecule has 3 rings (SSSR count). The van der Waals surface area contributed by atoms with Crippen molar-refractivity contribution >= 4 is 22.6 Å². The third-order valence-electron chi connectivity index (χ3n) is 4.22. The van der Waals surface area contributed by atoms with Crippen molar-refractivity contribution in [2.45, 2.75) is 6.42 Å². The lowest BCUT2D eigenvalue weighted by Crippen LogP contribution is -2.30. The number of ether oxygens (including phenoxy) is 2. The predicted molar refractivity (Wildman–Crippen MR) is 87.0 cm³/mol. The lowest BCUT2D eigenvalue weighted by molar-refractivity contribution is -0.123. The SMILES string of the molecule is CNC(=O)C1CCN(c2ncnc3cc(OC)c(OC)cc23)C1. The Morgan fingerprint density at radius 2 is 2.00 bits per heavy atom. The number of fused-ring (bicyclic) bond motifs is 1. The second-order valence-electron chi connectivity index (χ2n) is 5.47. The molecule has 1 atom stereocenters. The van der Waals surface area contributed by atoms with Gasteiger partial charge in [0.2, 0.25) is 5.91 Å². The highest BCUT2D eigenvalue weighted by atomic mass is 16.5. The summed E-state index contributed by atoms with van der Waals surface area (Å²) in [6.07, 6.45) is 2.36. The number of carbonyl (C=O) groups is 1. The average Bonchev–Trinajstić information content (AvgIpc) is 3.09. The first kappa shape index (κ1) is 15.3. The van der Waals surface area contributed by atoms with Crippen LogP contribution in [0.3, 0.4) is 0 Å². The molecule has 1 unspecified atom stereocenters. The number of methoxy groups -OCH3 is 2. The smallest absolute Gasteiger partial charge is 0.224 e. The Hall–Kier alpha value is -2.57. The van der Waals surface area contributed by atoms with Gasteiger partial charge in [-0.1, -0.05) is 0 Å². The molecule has 1 fully saturated rings. The first-order chi connectivity index (χ1) is 11.2. The van der Waals surface area contributed by atoms with Crippen molar-refractivity contribution in [3.63, 3.8) is 0 Å². The average molecular weight is 316 g/mol. The van der Waals surface area contributed by atoms with Crippen LogP contribution in [0.15, 0.2) is 18.5 Å². The van der Waals surface area contributed by atoms with Crippen LogP contribution in [0.4, 0.5) is 5.82 Å². The van der Waals surface area contributed by atoms with Crippen LogP contribution < -0.4 is 19.7 Å². The van der Waals surface area contributed by atoms with Gasteiger partial charge >= 0.3 is 0 Å². The van der Waals surface area contributed by atoms with Gasteiger partial charge in [-0.05, 0) is 12.5 Å². The highest BCUT2D eigenvalue weighted by molar-refractivity contribution is 5.92. The van der Waals surface area contributed by atoms with Crippen molar-refractivity contribution in [2.75, 3.05) is 39.3 Å². The molecule has 2 heterocycles. The number of amides is 1. The Balaban J connectivity index is 2.00. The molecule has 0 radical (unpaired) electrons. The van der Waals surface area contributed by atoms with E-state index in [2.05, 4.69) is 20.2 Å². The molecule has 23 heavy (non-hydrogen) atoms. The molecule has 7 nitrogen and oxygen atoms in total. The summed E-state index contributed by atoms with van der Waals surface area (Å²) in [6, 6.07) is 3.72. The molecule has 1 saturated heterocycles. The standard InChI is InChI=1S/C16H20N4O3/c1-17-16(21)10-4-5-20(8-10)15-11-6-13(22-2)14(23-3)7-12(11)18-9-19-15/h6-7,9-10H,4-5,8H2,1-3H3,(H,17,21). The van der Waals surface area contributed by atoms with Crippen molar-refractivity contribution in [1.29, 1.82) is 0 Å². The van der Waals surface area contributed by atoms with Crippen molar-refractivity contribution in [1.82, 2.24) is 15.3 Å². The quantitative estimate of drug-likeness (QED) is 0.914. The minimum Gasteiger partial charge on any atom is -0.493 e. The summed E-state index contributed by atoms with van der Waals surface area (Å²) in [7, 11) is 4.87. The van der Waals surface area contributed by atoms with Crippen LogP contribution in [0.2, 0.25) is 0 Å². The van der Waals surface area contributed by atoms with Crippen LogP contribution in [-0.2, 0) is 4.79 Å². The van der Waals surface area contributed by atoms with Gasteiger partial charge < -0.3 is 19.7 Å². The number of nitrogens with one attached hydrogen (secondary N) is 1. The molecule has 1 aliphatic rings. The van der Waals surface area contributed by atoms with Crippen LogP contribution >= 0.6 is 0 Å². The zero-order chi connectivity index (χ0) is 16.4. The Kier molecular flexibility index (Phi) is 4.18. The van der Waals surface area contributed by atoms with Gasteiger partial charge in [0.1, 0.15) is 12.1 Å². The van der Waals surface area contributed by atoms with Crippen molar-refractivity contribution in [2.24, 2.45) is 5.92 Å². The zero-order valence-electron chi connectivity index (χ0n) is 13.5. The number of aromatic nitrogens is 2. The number of benzene rings is 1. The molecule has 0 bridgehead atoms. The molecule has 7 heteroatoms. The van der Waals surface area contributed by atoms with Gasteiger partial charge in [0.25, 0.3) is 0 Å². The minimum absolute atomic E-state index is 0.00911. The van der Waals surface area contributed by atoms with Gasteiger partial charge in [-0.3, -0.25) is 4.79 Å². The van der Waals surface area contributed by atoms with Gasteiger partial charge in [0, 0.05) is 31.6 Å². The van der Waals surface area contributed by atoms with Gasteiger partial charge in [-0.2, -0.15) is 0 Å². The summed E-state index contributed by atoms with van der Waals surface area (Å²) < 4.78 is 10.7. The summed E-state index contributed by atoms with van der Waals surface area (Å²) >= 11 is 0. The molecule has 1 N–H and O–H groups in total. The molecule has 0 spiro atoms. The fraction of sp³-hybridized carbons (Fsp3) is 0.438. The number of hydrogen-bond acceptors (Lipinski definition) is 6. The van der Waals surface area contributed by atoms with E-state index in [0.29, 0.717) is 18.0 Å². The van der Waals surface area contributed by atoms with Crippen molar-refractivity contribution in [3.05, 3.63) is 18.5 Å². The van der Waals surface area contributed by atoms with Crippen LogP contribution in [0.5, 0.6) is 11.5 Å². The Morgan fingerprint density at radius 1 is 1.26 bits per heavy atom. The highest BCUT2D eigenvalue weighted by Crippen LogP contribution is 2.35. The number of hydrogen-bond donors (Lipinski definition) is 1. The van der Waals surface area contributed by atoms with Gasteiger partial charge in [-0.15, -0.1) is 0 Å². The zero-order valence-corrected chi connectivity index (χ0v) is 13.5. The molecule has 1 aliphatic heterocycles. The molecular formula is C16H20N4O3. The second-order valence-corrected chi connectivity index (χ2v) is 5.47. The maximum absolute atomic E-state index is 11.8. The first-order valence-electron chi connectivity index (χ1n) is 7.51. The number of rotatable bonds is 4. The van der Waals surface area contributed by atoms with Gasteiger partial charge in [-0.25, -0.2) is 9.97 Å². The summed E-state index contributed by atoms with van der Waals surface area (Å²) in [5.41, 5.74) is 0.788. The maximum atomic E-state index is 11.8. The number of nitrogens with zero attached hydrogens (tertiary/aromatic N) is 3. The molecule has 0 saturated carbocycles. The van der Waals surface area contributed by atoms with E-state index in [-0.39, 0.29) is 11.8 Å². The summed E-state index contributed by atoms with van der Waals surface area (Å²) in [5, 5.41) is 3.61. The second kappa shape index (κ2) is 6.28. The molecule has 122 valence electrons. The largest absolute Gasteiger partial charge is 0.493 e. The third-order valence-corrected chi connectivity index (χ3v) is 4.22. The molecule has 1 amide bonds. The monoisotopic (exact) mass is 316 g/mol. The summed E-state index contributed by atoms with van der Waals surface area (Å²) in [5.74, 6) is 2.16. The van der Waals surface area contributed by atoms with Crippen LogP contribution in [0.25, 0.3) is 10.9 Å². The molecular weight excluding hydrogens is 296 g/mol. The Morgan fingerprint density at radius 3 is 2.70 bits per heavy atom. The van der Waals surface area contributed by atoms with E-state index >= 15 is 0 Å². The van der Waals surface area contributed by atoms with Crippen LogP contribution in [0.1, 0.15) is 6.42 Å². The maximum Gasteiger partial charge on any atom is 0.224 e. The van der Waals surface area contributed by atoms with Gasteiger partial charge in [0.15, 0.2) is 11.5 Å². The molecule has 0 aliphatic carbocycles. The topological polar surface area (TPSA) is 76.6 Å². The fourth-order valence-electron chi connectivity index (χ4n) is 2.99. The van der Waals surface area contributed by atoms with Crippen molar-refractivity contribution < 1.29 is 14.3 Å². The third kappa shape index (κ3) is 2.74. The fourth-order valence-corrected chi connectivity index (χ4v) is 2.99. The van der Waals surface area contributed by atoms with Crippen molar-refractivity contribution in [3.8, 4) is 11.5 Å².